The Kier molecular flexibility index (Phi) is 7.19. The SMILES string of the molecule is COc1cc(OC(=O)c2ccsc2)ccc1-c1ccc2c(c1COc1cc(F)ccc1C)C(C)=CC(C)(C)N2. The van der Waals surface area contributed by atoms with E-state index in [9.17, 15) is 9.18 Å². The van der Waals surface area contributed by atoms with Crippen LogP contribution in [0.3, 0.4) is 0 Å². The molecular weight excluding hydrogens is 513 g/mol. The molecule has 200 valence electrons. The van der Waals surface area contributed by atoms with E-state index in [1.165, 1.54) is 23.5 Å². The average Bonchev–Trinajstić information content (AvgIpc) is 3.43. The van der Waals surface area contributed by atoms with Crippen molar-refractivity contribution in [3.63, 3.8) is 0 Å². The van der Waals surface area contributed by atoms with Gasteiger partial charge in [0, 0.05) is 39.9 Å². The lowest BCUT2D eigenvalue weighted by molar-refractivity contribution is 0.0735. The van der Waals surface area contributed by atoms with Crippen LogP contribution < -0.4 is 19.5 Å². The van der Waals surface area contributed by atoms with Crippen LogP contribution in [0.5, 0.6) is 17.2 Å². The molecule has 0 spiro atoms. The first-order valence-corrected chi connectivity index (χ1v) is 13.5. The fraction of sp³-hybridized carbons (Fsp3) is 0.219. The third kappa shape index (κ3) is 5.54. The summed E-state index contributed by atoms with van der Waals surface area (Å²) >= 11 is 1.44. The number of esters is 1. The second-order valence-electron chi connectivity index (χ2n) is 10.2. The average molecular weight is 544 g/mol. The Morgan fingerprint density at radius 2 is 1.79 bits per heavy atom. The minimum absolute atomic E-state index is 0.207. The standard InChI is InChI=1S/C32H30FNO4S/c1-19-6-7-22(33)14-28(19)37-17-26-24(10-11-27-30(26)20(2)16-32(3,4)34-27)25-9-8-23(15-29(25)36-5)38-31(35)21-12-13-39-18-21/h6-16,18,34H,17H2,1-5H3. The summed E-state index contributed by atoms with van der Waals surface area (Å²) in [5.74, 6) is 0.664. The Morgan fingerprint density at radius 3 is 2.54 bits per heavy atom. The minimum Gasteiger partial charge on any atom is -0.496 e. The Hall–Kier alpha value is -4.10. The van der Waals surface area contributed by atoms with Crippen LogP contribution in [0, 0.1) is 12.7 Å². The number of fused-ring (bicyclic) bond motifs is 1. The normalized spacial score (nSPS) is 13.6. The molecule has 0 bridgehead atoms. The Bertz CT molecular complexity index is 1570. The maximum Gasteiger partial charge on any atom is 0.344 e. The predicted molar refractivity (Wildman–Crippen MR) is 155 cm³/mol. The second kappa shape index (κ2) is 10.6. The molecule has 5 nitrogen and oxygen atoms in total. The molecule has 0 fully saturated rings. The summed E-state index contributed by atoms with van der Waals surface area (Å²) < 4.78 is 31.6. The summed E-state index contributed by atoms with van der Waals surface area (Å²) in [6, 6.07) is 15.7. The quantitative estimate of drug-likeness (QED) is 0.188. The van der Waals surface area contributed by atoms with Gasteiger partial charge in [-0.05, 0) is 80.1 Å². The number of halogens is 1. The Labute approximate surface area is 231 Å². The van der Waals surface area contributed by atoms with E-state index in [4.69, 9.17) is 14.2 Å². The van der Waals surface area contributed by atoms with Gasteiger partial charge in [0.25, 0.3) is 0 Å². The molecule has 5 rings (SSSR count). The third-order valence-electron chi connectivity index (χ3n) is 6.69. The van der Waals surface area contributed by atoms with Crippen molar-refractivity contribution in [1.29, 1.82) is 0 Å². The van der Waals surface area contributed by atoms with E-state index in [-0.39, 0.29) is 18.0 Å². The van der Waals surface area contributed by atoms with Gasteiger partial charge in [-0.15, -0.1) is 0 Å². The van der Waals surface area contributed by atoms with E-state index in [0.717, 1.165) is 39.1 Å². The zero-order valence-electron chi connectivity index (χ0n) is 22.6. The molecule has 0 saturated heterocycles. The zero-order valence-corrected chi connectivity index (χ0v) is 23.4. The highest BCUT2D eigenvalue weighted by Crippen LogP contribution is 2.43. The summed E-state index contributed by atoms with van der Waals surface area (Å²) in [6.07, 6.45) is 2.19. The summed E-state index contributed by atoms with van der Waals surface area (Å²) in [5.41, 5.74) is 6.97. The van der Waals surface area contributed by atoms with E-state index < -0.39 is 5.97 Å². The number of allylic oxidation sites excluding steroid dienone is 1. The fourth-order valence-corrected chi connectivity index (χ4v) is 5.61. The number of aryl methyl sites for hydroxylation is 1. The van der Waals surface area contributed by atoms with Crippen LogP contribution in [-0.4, -0.2) is 18.6 Å². The maximum absolute atomic E-state index is 14.0. The van der Waals surface area contributed by atoms with Crippen LogP contribution in [0.25, 0.3) is 16.7 Å². The van der Waals surface area contributed by atoms with E-state index in [1.54, 1.807) is 36.8 Å². The molecule has 1 aromatic heterocycles. The second-order valence-corrected chi connectivity index (χ2v) is 10.9. The first-order chi connectivity index (χ1) is 18.6. The van der Waals surface area contributed by atoms with Gasteiger partial charge in [-0.2, -0.15) is 11.3 Å². The number of benzene rings is 3. The molecule has 0 aliphatic carbocycles. The molecule has 1 N–H and O–H groups in total. The lowest BCUT2D eigenvalue weighted by Gasteiger charge is -2.33. The van der Waals surface area contributed by atoms with Gasteiger partial charge in [-0.3, -0.25) is 0 Å². The van der Waals surface area contributed by atoms with Crippen molar-refractivity contribution in [2.24, 2.45) is 0 Å². The number of ether oxygens (including phenoxy) is 3. The number of nitrogens with one attached hydrogen (secondary N) is 1. The van der Waals surface area contributed by atoms with Crippen LogP contribution in [0.2, 0.25) is 0 Å². The van der Waals surface area contributed by atoms with Gasteiger partial charge in [0.15, 0.2) is 0 Å². The van der Waals surface area contributed by atoms with Crippen molar-refractivity contribution >= 4 is 28.6 Å². The van der Waals surface area contributed by atoms with Gasteiger partial charge in [0.1, 0.15) is 29.7 Å². The van der Waals surface area contributed by atoms with Gasteiger partial charge in [-0.1, -0.05) is 18.2 Å². The molecule has 0 unspecified atom stereocenters. The van der Waals surface area contributed by atoms with Crippen LogP contribution in [-0.2, 0) is 6.61 Å². The summed E-state index contributed by atoms with van der Waals surface area (Å²) in [4.78, 5) is 12.5. The number of methoxy groups -OCH3 is 1. The van der Waals surface area contributed by atoms with E-state index in [0.29, 0.717) is 22.8 Å². The monoisotopic (exact) mass is 543 g/mol. The van der Waals surface area contributed by atoms with Crippen molar-refractivity contribution in [3.8, 4) is 28.4 Å². The van der Waals surface area contributed by atoms with Crippen LogP contribution in [0.1, 0.15) is 47.8 Å². The first kappa shape index (κ1) is 26.5. The van der Waals surface area contributed by atoms with Gasteiger partial charge in [-0.25, -0.2) is 9.18 Å². The highest BCUT2D eigenvalue weighted by atomic mass is 32.1. The number of hydrogen-bond donors (Lipinski definition) is 1. The molecular formula is C32H30FNO4S. The van der Waals surface area contributed by atoms with E-state index in [1.807, 2.05) is 24.4 Å². The maximum atomic E-state index is 14.0. The Morgan fingerprint density at radius 1 is 1.00 bits per heavy atom. The summed E-state index contributed by atoms with van der Waals surface area (Å²) in [7, 11) is 1.59. The van der Waals surface area contributed by atoms with Crippen molar-refractivity contribution in [3.05, 3.63) is 99.5 Å². The van der Waals surface area contributed by atoms with Crippen molar-refractivity contribution in [2.45, 2.75) is 39.8 Å². The van der Waals surface area contributed by atoms with Crippen LogP contribution in [0.4, 0.5) is 10.1 Å². The van der Waals surface area contributed by atoms with Gasteiger partial charge in [0.2, 0.25) is 0 Å². The van der Waals surface area contributed by atoms with Crippen molar-refractivity contribution in [1.82, 2.24) is 0 Å². The number of thiophene rings is 1. The Balaban J connectivity index is 1.57. The van der Waals surface area contributed by atoms with Gasteiger partial charge < -0.3 is 19.5 Å². The van der Waals surface area contributed by atoms with Gasteiger partial charge >= 0.3 is 5.97 Å². The highest BCUT2D eigenvalue weighted by molar-refractivity contribution is 7.08. The molecule has 0 atom stereocenters. The first-order valence-electron chi connectivity index (χ1n) is 12.6. The molecule has 0 radical (unpaired) electrons. The van der Waals surface area contributed by atoms with Gasteiger partial charge in [0.05, 0.1) is 18.2 Å². The highest BCUT2D eigenvalue weighted by Gasteiger charge is 2.27. The molecule has 1 aliphatic heterocycles. The zero-order chi connectivity index (χ0) is 27.7. The molecule has 4 aromatic rings. The minimum atomic E-state index is -0.422. The third-order valence-corrected chi connectivity index (χ3v) is 7.38. The molecule has 7 heteroatoms. The smallest absolute Gasteiger partial charge is 0.344 e. The number of carbonyl (C=O) groups is 1. The molecule has 0 saturated carbocycles. The van der Waals surface area contributed by atoms with E-state index >= 15 is 0 Å². The number of hydrogen-bond acceptors (Lipinski definition) is 6. The molecule has 1 aliphatic rings. The lowest BCUT2D eigenvalue weighted by Crippen LogP contribution is -2.32. The van der Waals surface area contributed by atoms with Crippen LogP contribution >= 0.6 is 11.3 Å². The topological polar surface area (TPSA) is 56.8 Å². The molecule has 2 heterocycles. The fourth-order valence-electron chi connectivity index (χ4n) is 4.98. The molecule has 0 amide bonds. The molecule has 3 aromatic carbocycles. The van der Waals surface area contributed by atoms with Crippen molar-refractivity contribution < 1.29 is 23.4 Å². The lowest BCUT2D eigenvalue weighted by atomic mass is 9.85. The number of rotatable bonds is 7. The van der Waals surface area contributed by atoms with Crippen LogP contribution in [0.15, 0.2) is 71.4 Å². The largest absolute Gasteiger partial charge is 0.496 e. The number of anilines is 1. The summed E-state index contributed by atoms with van der Waals surface area (Å²) in [6.45, 7) is 8.45. The number of carbonyl (C=O) groups excluding carboxylic acids is 1. The summed E-state index contributed by atoms with van der Waals surface area (Å²) in [5, 5.41) is 7.18. The molecule has 39 heavy (non-hydrogen) atoms. The van der Waals surface area contributed by atoms with E-state index in [2.05, 4.69) is 38.2 Å². The van der Waals surface area contributed by atoms with Crippen molar-refractivity contribution in [2.75, 3.05) is 12.4 Å². The predicted octanol–water partition coefficient (Wildman–Crippen LogP) is 8.28.